The predicted molar refractivity (Wildman–Crippen MR) is 79.1 cm³/mol. The van der Waals surface area contributed by atoms with E-state index in [2.05, 4.69) is 25.6 Å². The van der Waals surface area contributed by atoms with Crippen molar-refractivity contribution in [3.63, 3.8) is 0 Å². The van der Waals surface area contributed by atoms with Crippen molar-refractivity contribution in [3.05, 3.63) is 47.0 Å². The lowest BCUT2D eigenvalue weighted by molar-refractivity contribution is 1.16. The van der Waals surface area contributed by atoms with Gasteiger partial charge in [0.05, 0.1) is 6.54 Å². The summed E-state index contributed by atoms with van der Waals surface area (Å²) in [7, 11) is 0. The molecule has 2 N–H and O–H groups in total. The van der Waals surface area contributed by atoms with Gasteiger partial charge in [0.25, 0.3) is 0 Å². The van der Waals surface area contributed by atoms with Crippen molar-refractivity contribution >= 4 is 38.8 Å². The smallest absolute Gasteiger partial charge is 0.188 e. The van der Waals surface area contributed by atoms with Crippen LogP contribution < -0.4 is 10.6 Å². The van der Waals surface area contributed by atoms with Gasteiger partial charge in [-0.3, -0.25) is 0 Å². The summed E-state index contributed by atoms with van der Waals surface area (Å²) in [5.41, 5.74) is 0. The largest absolute Gasteiger partial charge is 0.357 e. The molecular weight excluding hydrogens is 278 g/mol. The number of pyridine rings is 1. The maximum Gasteiger partial charge on any atom is 0.188 e. The quantitative estimate of drug-likeness (QED) is 0.754. The number of hydrogen-bond donors (Lipinski definition) is 2. The Bertz CT molecular complexity index is 621. The zero-order valence-corrected chi connectivity index (χ0v) is 11.5. The highest BCUT2D eigenvalue weighted by atomic mass is 32.1. The Morgan fingerprint density at radius 3 is 2.84 bits per heavy atom. The molecule has 0 atom stereocenters. The van der Waals surface area contributed by atoms with Crippen LogP contribution in [0.25, 0.3) is 0 Å². The Kier molecular flexibility index (Phi) is 3.66. The molecule has 5 nitrogen and oxygen atoms in total. The van der Waals surface area contributed by atoms with Crippen molar-refractivity contribution in [2.75, 3.05) is 10.6 Å². The van der Waals surface area contributed by atoms with Crippen LogP contribution in [0.3, 0.4) is 0 Å². The second-order valence-electron chi connectivity index (χ2n) is 3.66. The Labute approximate surface area is 118 Å². The molecule has 3 aromatic rings. The molecule has 0 saturated heterocycles. The molecule has 0 radical (unpaired) electrons. The highest BCUT2D eigenvalue weighted by Gasteiger charge is 2.03. The Morgan fingerprint density at radius 2 is 2.05 bits per heavy atom. The SMILES string of the molecule is c1ccc(Nc2ncc(CNc3nccs3)s2)nc1. The first-order chi connectivity index (χ1) is 9.40. The maximum atomic E-state index is 4.32. The molecule has 0 unspecified atom stereocenters. The molecule has 0 saturated carbocycles. The second-order valence-corrected chi connectivity index (χ2v) is 5.67. The van der Waals surface area contributed by atoms with Crippen LogP contribution in [-0.4, -0.2) is 15.0 Å². The monoisotopic (exact) mass is 289 g/mol. The van der Waals surface area contributed by atoms with Crippen LogP contribution in [0, 0.1) is 0 Å². The van der Waals surface area contributed by atoms with Crippen molar-refractivity contribution in [1.29, 1.82) is 0 Å². The molecule has 0 bridgehead atoms. The first kappa shape index (κ1) is 12.1. The highest BCUT2D eigenvalue weighted by Crippen LogP contribution is 2.22. The lowest BCUT2D eigenvalue weighted by Gasteiger charge is -2.00. The minimum Gasteiger partial charge on any atom is -0.357 e. The van der Waals surface area contributed by atoms with Gasteiger partial charge in [-0.05, 0) is 12.1 Å². The maximum absolute atomic E-state index is 4.32. The Morgan fingerprint density at radius 1 is 1.05 bits per heavy atom. The molecule has 3 heterocycles. The highest BCUT2D eigenvalue weighted by molar-refractivity contribution is 7.15. The summed E-state index contributed by atoms with van der Waals surface area (Å²) in [6, 6.07) is 5.74. The Hall–Kier alpha value is -1.99. The van der Waals surface area contributed by atoms with E-state index in [-0.39, 0.29) is 0 Å². The molecule has 0 aliphatic rings. The third-order valence-corrected chi connectivity index (χ3v) is 3.94. The summed E-state index contributed by atoms with van der Waals surface area (Å²) in [5.74, 6) is 0.802. The number of hydrogen-bond acceptors (Lipinski definition) is 7. The molecule has 96 valence electrons. The van der Waals surface area contributed by atoms with Crippen molar-refractivity contribution in [1.82, 2.24) is 15.0 Å². The molecule has 0 aliphatic carbocycles. The topological polar surface area (TPSA) is 62.7 Å². The van der Waals surface area contributed by atoms with Gasteiger partial charge in [-0.25, -0.2) is 15.0 Å². The molecule has 19 heavy (non-hydrogen) atoms. The lowest BCUT2D eigenvalue weighted by Crippen LogP contribution is -1.95. The fourth-order valence-corrected chi connectivity index (χ4v) is 2.75. The van der Waals surface area contributed by atoms with E-state index in [1.165, 1.54) is 0 Å². The summed E-state index contributed by atoms with van der Waals surface area (Å²) in [5, 5.41) is 10.1. The van der Waals surface area contributed by atoms with Gasteiger partial charge < -0.3 is 10.6 Å². The van der Waals surface area contributed by atoms with E-state index in [0.717, 1.165) is 27.5 Å². The first-order valence-electron chi connectivity index (χ1n) is 5.66. The predicted octanol–water partition coefficient (Wildman–Crippen LogP) is 3.35. The van der Waals surface area contributed by atoms with Crippen LogP contribution in [0.4, 0.5) is 16.1 Å². The van der Waals surface area contributed by atoms with Gasteiger partial charge in [-0.1, -0.05) is 17.4 Å². The number of rotatable bonds is 5. The van der Waals surface area contributed by atoms with Crippen LogP contribution >= 0.6 is 22.7 Å². The Balaban J connectivity index is 1.60. The van der Waals surface area contributed by atoms with Gasteiger partial charge in [-0.15, -0.1) is 11.3 Å². The second kappa shape index (κ2) is 5.77. The summed E-state index contributed by atoms with van der Waals surface area (Å²) < 4.78 is 0. The van der Waals surface area contributed by atoms with Crippen molar-refractivity contribution in [2.24, 2.45) is 0 Å². The lowest BCUT2D eigenvalue weighted by atomic mass is 10.5. The van der Waals surface area contributed by atoms with Crippen molar-refractivity contribution in [3.8, 4) is 0 Å². The molecule has 0 aliphatic heterocycles. The van der Waals surface area contributed by atoms with E-state index in [9.17, 15) is 0 Å². The average molecular weight is 289 g/mol. The van der Waals surface area contributed by atoms with E-state index in [0.29, 0.717) is 0 Å². The van der Waals surface area contributed by atoms with Gasteiger partial charge in [-0.2, -0.15) is 0 Å². The zero-order chi connectivity index (χ0) is 12.9. The average Bonchev–Trinajstić information content (AvgIpc) is 3.09. The third-order valence-electron chi connectivity index (χ3n) is 2.30. The van der Waals surface area contributed by atoms with E-state index < -0.39 is 0 Å². The van der Waals surface area contributed by atoms with Crippen molar-refractivity contribution in [2.45, 2.75) is 6.54 Å². The number of nitrogens with one attached hydrogen (secondary N) is 2. The van der Waals surface area contributed by atoms with Crippen LogP contribution in [0.5, 0.6) is 0 Å². The van der Waals surface area contributed by atoms with Crippen LogP contribution in [0.1, 0.15) is 4.88 Å². The number of aromatic nitrogens is 3. The van der Waals surface area contributed by atoms with Gasteiger partial charge >= 0.3 is 0 Å². The molecule has 0 amide bonds. The number of nitrogens with zero attached hydrogens (tertiary/aromatic N) is 3. The van der Waals surface area contributed by atoms with E-state index in [4.69, 9.17) is 0 Å². The molecule has 3 rings (SSSR count). The van der Waals surface area contributed by atoms with Crippen LogP contribution in [0.2, 0.25) is 0 Å². The minimum absolute atomic E-state index is 0.731. The molecule has 0 aromatic carbocycles. The van der Waals surface area contributed by atoms with Crippen LogP contribution in [-0.2, 0) is 6.54 Å². The normalized spacial score (nSPS) is 10.3. The van der Waals surface area contributed by atoms with Crippen LogP contribution in [0.15, 0.2) is 42.2 Å². The number of anilines is 3. The molecule has 0 fully saturated rings. The third kappa shape index (κ3) is 3.27. The number of thiazole rings is 2. The van der Waals surface area contributed by atoms with Gasteiger partial charge in [0.1, 0.15) is 5.82 Å². The molecule has 0 spiro atoms. The van der Waals surface area contributed by atoms with E-state index in [1.54, 1.807) is 35.1 Å². The zero-order valence-electron chi connectivity index (χ0n) is 9.91. The molecule has 7 heteroatoms. The standard InChI is InChI=1S/C12H11N5S2/c1-2-4-13-10(3-1)17-12-16-8-9(19-12)7-15-11-14-5-6-18-11/h1-6,8H,7H2,(H,14,15)(H,13,16,17). The summed E-state index contributed by atoms with van der Waals surface area (Å²) in [6.07, 6.45) is 5.39. The molecule has 3 aromatic heterocycles. The molecular formula is C12H11N5S2. The van der Waals surface area contributed by atoms with E-state index >= 15 is 0 Å². The van der Waals surface area contributed by atoms with Gasteiger partial charge in [0, 0.05) is 28.8 Å². The minimum atomic E-state index is 0.731. The summed E-state index contributed by atoms with van der Waals surface area (Å²) >= 11 is 3.19. The van der Waals surface area contributed by atoms with E-state index in [1.807, 2.05) is 29.8 Å². The first-order valence-corrected chi connectivity index (χ1v) is 7.36. The van der Waals surface area contributed by atoms with Gasteiger partial charge in [0.2, 0.25) is 0 Å². The van der Waals surface area contributed by atoms with Gasteiger partial charge in [0.15, 0.2) is 10.3 Å². The summed E-state index contributed by atoms with van der Waals surface area (Å²) in [4.78, 5) is 13.8. The van der Waals surface area contributed by atoms with Crippen molar-refractivity contribution < 1.29 is 0 Å². The fourth-order valence-electron chi connectivity index (χ4n) is 1.47. The fraction of sp³-hybridized carbons (Fsp3) is 0.0833. The summed E-state index contributed by atoms with van der Waals surface area (Å²) in [6.45, 7) is 0.731.